The van der Waals surface area contributed by atoms with Crippen LogP contribution in [-0.4, -0.2) is 0 Å². The fraction of sp³-hybridized carbons (Fsp3) is 0. The van der Waals surface area contributed by atoms with Crippen molar-refractivity contribution in [1.82, 2.24) is 0 Å². The van der Waals surface area contributed by atoms with Gasteiger partial charge in [-0.1, -0.05) is 194 Å². The van der Waals surface area contributed by atoms with Gasteiger partial charge < -0.3 is 0 Å². The Balaban J connectivity index is 1.52. The van der Waals surface area contributed by atoms with E-state index < -0.39 is 0 Å². The van der Waals surface area contributed by atoms with Crippen molar-refractivity contribution in [2.75, 3.05) is 0 Å². The van der Waals surface area contributed by atoms with Crippen molar-refractivity contribution in [1.29, 1.82) is 0 Å². The second-order valence-corrected chi connectivity index (χ2v) is 13.1. The lowest BCUT2D eigenvalue weighted by atomic mass is 9.77. The highest BCUT2D eigenvalue weighted by molar-refractivity contribution is 6.32. The van der Waals surface area contributed by atoms with Gasteiger partial charge in [0.05, 0.1) is 0 Å². The van der Waals surface area contributed by atoms with E-state index in [9.17, 15) is 0 Å². The van der Waals surface area contributed by atoms with E-state index in [-0.39, 0.29) is 0 Å². The molecule has 1 aliphatic carbocycles. The first-order chi connectivity index (χ1) is 24.9. The van der Waals surface area contributed by atoms with Crippen LogP contribution in [0.5, 0.6) is 0 Å². The first-order valence-electron chi connectivity index (χ1n) is 17.4. The zero-order valence-electron chi connectivity index (χ0n) is 27.5. The molecule has 0 spiro atoms. The molecular weight excluding hydrogens is 601 g/mol. The van der Waals surface area contributed by atoms with E-state index in [0.29, 0.717) is 0 Å². The standard InChI is InChI=1S/C50H32/c1-5-17-33(18-6-1)38-26-15-16-28-41(38)48-44(36-22-9-3-10-23-36)45(37-24-11-4-12-25-37)50-46-39-27-14-13-21-35(39)29-30-42(46)43-32-31-40(47(48)49(43)50)34-19-7-2-8-20-34/h1-32H. The molecule has 0 heterocycles. The van der Waals surface area contributed by atoms with Crippen molar-refractivity contribution >= 4 is 21.5 Å². The van der Waals surface area contributed by atoms with E-state index in [1.54, 1.807) is 0 Å². The van der Waals surface area contributed by atoms with Crippen molar-refractivity contribution in [3.05, 3.63) is 194 Å². The van der Waals surface area contributed by atoms with Gasteiger partial charge >= 0.3 is 0 Å². The Kier molecular flexibility index (Phi) is 6.60. The van der Waals surface area contributed by atoms with Crippen LogP contribution in [0.4, 0.5) is 0 Å². The molecule has 0 radical (unpaired) electrons. The quantitative estimate of drug-likeness (QED) is 0.177. The van der Waals surface area contributed by atoms with Crippen LogP contribution in [0.25, 0.3) is 99.4 Å². The van der Waals surface area contributed by atoms with Crippen molar-refractivity contribution in [3.63, 3.8) is 0 Å². The SMILES string of the molecule is c1ccc(-c2ccccc2-c2c(-c3ccccc3)c(-c3ccccc3)c3c4c(ccc(-c5ccccc5)c24)-c2ccc4ccccc4c2-3)cc1. The van der Waals surface area contributed by atoms with Crippen molar-refractivity contribution in [2.45, 2.75) is 0 Å². The van der Waals surface area contributed by atoms with Gasteiger partial charge in [0.1, 0.15) is 0 Å². The fourth-order valence-corrected chi connectivity index (χ4v) is 8.35. The predicted octanol–water partition coefficient (Wildman–Crippen LogP) is 14.0. The van der Waals surface area contributed by atoms with Crippen LogP contribution in [0.2, 0.25) is 0 Å². The monoisotopic (exact) mass is 632 g/mol. The van der Waals surface area contributed by atoms with Crippen LogP contribution in [0.1, 0.15) is 0 Å². The molecule has 0 saturated heterocycles. The van der Waals surface area contributed by atoms with Gasteiger partial charge in [-0.3, -0.25) is 0 Å². The van der Waals surface area contributed by atoms with E-state index >= 15 is 0 Å². The minimum Gasteiger partial charge on any atom is -0.0622 e. The van der Waals surface area contributed by atoms with Gasteiger partial charge in [-0.25, -0.2) is 0 Å². The van der Waals surface area contributed by atoms with E-state index in [1.807, 2.05) is 0 Å². The number of hydrogen-bond acceptors (Lipinski definition) is 0. The van der Waals surface area contributed by atoms with Gasteiger partial charge in [0, 0.05) is 0 Å². The molecule has 9 aromatic carbocycles. The Morgan fingerprint density at radius 3 is 1.28 bits per heavy atom. The highest BCUT2D eigenvalue weighted by atomic mass is 14.4. The van der Waals surface area contributed by atoms with Gasteiger partial charge in [0.2, 0.25) is 0 Å². The second kappa shape index (κ2) is 11.6. The summed E-state index contributed by atoms with van der Waals surface area (Å²) in [6, 6.07) is 71.2. The zero-order chi connectivity index (χ0) is 33.0. The molecule has 9 aromatic rings. The van der Waals surface area contributed by atoms with E-state index in [4.69, 9.17) is 0 Å². The normalized spacial score (nSPS) is 11.6. The second-order valence-electron chi connectivity index (χ2n) is 13.1. The minimum absolute atomic E-state index is 1.21. The fourth-order valence-electron chi connectivity index (χ4n) is 8.35. The Labute approximate surface area is 292 Å². The molecule has 0 fully saturated rings. The molecule has 1 aliphatic rings. The molecule has 0 aromatic heterocycles. The molecule has 0 unspecified atom stereocenters. The number of benzene rings is 9. The van der Waals surface area contributed by atoms with E-state index in [1.165, 1.54) is 99.4 Å². The molecule has 0 bridgehead atoms. The summed E-state index contributed by atoms with van der Waals surface area (Å²) < 4.78 is 0. The first-order valence-corrected chi connectivity index (χ1v) is 17.4. The number of rotatable bonds is 5. The van der Waals surface area contributed by atoms with Gasteiger partial charge in [-0.2, -0.15) is 0 Å². The summed E-state index contributed by atoms with van der Waals surface area (Å²) in [5.41, 5.74) is 17.6. The van der Waals surface area contributed by atoms with Crippen LogP contribution in [0.3, 0.4) is 0 Å². The average molecular weight is 633 g/mol. The summed E-state index contributed by atoms with van der Waals surface area (Å²) in [6.45, 7) is 0. The summed E-state index contributed by atoms with van der Waals surface area (Å²) in [5, 5.41) is 5.17. The van der Waals surface area contributed by atoms with Crippen molar-refractivity contribution in [3.8, 4) is 77.9 Å². The molecule has 0 N–H and O–H groups in total. The molecule has 0 heteroatoms. The maximum absolute atomic E-state index is 2.37. The van der Waals surface area contributed by atoms with Gasteiger partial charge in [0.25, 0.3) is 0 Å². The van der Waals surface area contributed by atoms with Crippen molar-refractivity contribution < 1.29 is 0 Å². The average Bonchev–Trinajstić information content (AvgIpc) is 3.54. The van der Waals surface area contributed by atoms with Crippen LogP contribution in [-0.2, 0) is 0 Å². The Hall–Kier alpha value is -6.50. The molecule has 10 rings (SSSR count). The van der Waals surface area contributed by atoms with E-state index in [2.05, 4.69) is 194 Å². The molecule has 0 saturated carbocycles. The summed E-state index contributed by atoms with van der Waals surface area (Å²) in [4.78, 5) is 0. The van der Waals surface area contributed by atoms with Crippen molar-refractivity contribution in [2.24, 2.45) is 0 Å². The minimum atomic E-state index is 1.21. The lowest BCUT2D eigenvalue weighted by Crippen LogP contribution is -1.98. The predicted molar refractivity (Wildman–Crippen MR) is 213 cm³/mol. The highest BCUT2D eigenvalue weighted by Crippen LogP contribution is 2.61. The molecule has 0 amide bonds. The van der Waals surface area contributed by atoms with Crippen LogP contribution in [0.15, 0.2) is 194 Å². The summed E-state index contributed by atoms with van der Waals surface area (Å²) in [5.74, 6) is 0. The lowest BCUT2D eigenvalue weighted by molar-refractivity contribution is 1.57. The highest BCUT2D eigenvalue weighted by Gasteiger charge is 2.33. The maximum atomic E-state index is 2.37. The molecule has 50 heavy (non-hydrogen) atoms. The molecule has 0 nitrogen and oxygen atoms in total. The lowest BCUT2D eigenvalue weighted by Gasteiger charge is -2.25. The maximum Gasteiger partial charge on any atom is -0.000116 e. The molecule has 232 valence electrons. The van der Waals surface area contributed by atoms with Gasteiger partial charge in [-0.05, 0) is 99.4 Å². The smallest absolute Gasteiger partial charge is 0.000116 e. The Morgan fingerprint density at radius 2 is 0.640 bits per heavy atom. The summed E-state index contributed by atoms with van der Waals surface area (Å²) in [7, 11) is 0. The first kappa shape index (κ1) is 28.5. The molecular formula is C50H32. The van der Waals surface area contributed by atoms with Crippen LogP contribution < -0.4 is 0 Å². The number of hydrogen-bond donors (Lipinski definition) is 0. The molecule has 0 atom stereocenters. The topological polar surface area (TPSA) is 0 Å². The van der Waals surface area contributed by atoms with E-state index in [0.717, 1.165) is 0 Å². The zero-order valence-corrected chi connectivity index (χ0v) is 27.5. The Bertz CT molecular complexity index is 2710. The summed E-state index contributed by atoms with van der Waals surface area (Å²) >= 11 is 0. The third-order valence-electron chi connectivity index (χ3n) is 10.4. The largest absolute Gasteiger partial charge is 0.0622 e. The third-order valence-corrected chi connectivity index (χ3v) is 10.4. The van der Waals surface area contributed by atoms with Gasteiger partial charge in [0.15, 0.2) is 0 Å². The van der Waals surface area contributed by atoms with Crippen LogP contribution in [0, 0.1) is 0 Å². The summed E-state index contributed by atoms with van der Waals surface area (Å²) in [6.07, 6.45) is 0. The van der Waals surface area contributed by atoms with Gasteiger partial charge in [-0.15, -0.1) is 0 Å². The third kappa shape index (κ3) is 4.32. The molecule has 0 aliphatic heterocycles. The number of fused-ring (bicyclic) bond motifs is 5. The van der Waals surface area contributed by atoms with Crippen LogP contribution >= 0.6 is 0 Å². The Morgan fingerprint density at radius 1 is 0.200 bits per heavy atom.